The second kappa shape index (κ2) is 5.35. The summed E-state index contributed by atoms with van der Waals surface area (Å²) in [7, 11) is 0. The molecule has 0 bridgehead atoms. The molecular weight excluding hydrogens is 237 g/mol. The SMILES string of the molecule is CC(N)(Cc1cccc(Cl)c1)C(=O)O.Cl. The minimum Gasteiger partial charge on any atom is -0.480 e. The van der Waals surface area contributed by atoms with E-state index in [-0.39, 0.29) is 18.8 Å². The van der Waals surface area contributed by atoms with Gasteiger partial charge in [-0.15, -0.1) is 12.4 Å². The number of carboxylic acid groups (broad SMARTS) is 1. The summed E-state index contributed by atoms with van der Waals surface area (Å²) in [6, 6.07) is 7.03. The van der Waals surface area contributed by atoms with Crippen molar-refractivity contribution in [2.75, 3.05) is 0 Å². The summed E-state index contributed by atoms with van der Waals surface area (Å²) in [6.07, 6.45) is 0.267. The van der Waals surface area contributed by atoms with Gasteiger partial charge in [0.1, 0.15) is 5.54 Å². The van der Waals surface area contributed by atoms with Gasteiger partial charge in [-0.2, -0.15) is 0 Å². The average Bonchev–Trinajstić information content (AvgIpc) is 2.02. The fourth-order valence-electron chi connectivity index (χ4n) is 1.15. The minimum atomic E-state index is -1.25. The van der Waals surface area contributed by atoms with E-state index in [1.54, 1.807) is 24.3 Å². The van der Waals surface area contributed by atoms with Crippen molar-refractivity contribution in [2.24, 2.45) is 5.73 Å². The molecule has 1 aromatic carbocycles. The van der Waals surface area contributed by atoms with E-state index < -0.39 is 11.5 Å². The molecule has 0 amide bonds. The second-order valence-corrected chi connectivity index (χ2v) is 3.97. The quantitative estimate of drug-likeness (QED) is 0.863. The molecule has 5 heteroatoms. The Kier molecular flexibility index (Phi) is 5.08. The third-order valence-electron chi connectivity index (χ3n) is 1.95. The van der Waals surface area contributed by atoms with E-state index in [0.29, 0.717) is 5.02 Å². The molecule has 1 unspecified atom stereocenters. The van der Waals surface area contributed by atoms with Crippen LogP contribution in [0.4, 0.5) is 0 Å². The first kappa shape index (κ1) is 14.2. The zero-order valence-electron chi connectivity index (χ0n) is 8.24. The predicted molar refractivity (Wildman–Crippen MR) is 62.6 cm³/mol. The lowest BCUT2D eigenvalue weighted by Crippen LogP contribution is -2.46. The van der Waals surface area contributed by atoms with E-state index in [1.807, 2.05) is 0 Å². The van der Waals surface area contributed by atoms with Gasteiger partial charge in [0.2, 0.25) is 0 Å². The maximum Gasteiger partial charge on any atom is 0.323 e. The highest BCUT2D eigenvalue weighted by atomic mass is 35.5. The number of nitrogens with two attached hydrogens (primary N) is 1. The van der Waals surface area contributed by atoms with Gasteiger partial charge in [0.15, 0.2) is 0 Å². The van der Waals surface area contributed by atoms with Crippen molar-refractivity contribution < 1.29 is 9.90 Å². The number of rotatable bonds is 3. The van der Waals surface area contributed by atoms with Crippen molar-refractivity contribution in [3.8, 4) is 0 Å². The number of aliphatic carboxylic acids is 1. The summed E-state index contributed by atoms with van der Waals surface area (Å²) in [5, 5.41) is 9.40. The third-order valence-corrected chi connectivity index (χ3v) is 2.18. The number of halogens is 2. The van der Waals surface area contributed by atoms with Crippen LogP contribution in [-0.4, -0.2) is 16.6 Å². The summed E-state index contributed by atoms with van der Waals surface area (Å²) in [4.78, 5) is 10.8. The Bertz CT molecular complexity index is 353. The maximum atomic E-state index is 10.8. The van der Waals surface area contributed by atoms with Crippen LogP contribution in [0.25, 0.3) is 0 Å². The summed E-state index contributed by atoms with van der Waals surface area (Å²) in [6.45, 7) is 1.48. The standard InChI is InChI=1S/C10H12ClNO2.ClH/c1-10(12,9(13)14)6-7-3-2-4-8(11)5-7;/h2-5H,6,12H2,1H3,(H,13,14);1H. The molecule has 0 aromatic heterocycles. The fourth-order valence-corrected chi connectivity index (χ4v) is 1.36. The molecule has 1 atom stereocenters. The van der Waals surface area contributed by atoms with E-state index in [0.717, 1.165) is 5.56 Å². The smallest absolute Gasteiger partial charge is 0.323 e. The lowest BCUT2D eigenvalue weighted by Gasteiger charge is -2.18. The number of benzene rings is 1. The minimum absolute atomic E-state index is 0. The molecule has 0 saturated carbocycles. The van der Waals surface area contributed by atoms with Gasteiger partial charge in [-0.3, -0.25) is 4.79 Å². The van der Waals surface area contributed by atoms with Crippen LogP contribution in [0.3, 0.4) is 0 Å². The molecule has 0 heterocycles. The summed E-state index contributed by atoms with van der Waals surface area (Å²) in [5.41, 5.74) is 5.18. The van der Waals surface area contributed by atoms with Crippen LogP contribution in [0.5, 0.6) is 0 Å². The van der Waals surface area contributed by atoms with Crippen LogP contribution in [0.15, 0.2) is 24.3 Å². The molecular formula is C10H13Cl2NO2. The first-order valence-corrected chi connectivity index (χ1v) is 4.56. The number of hydrogen-bond donors (Lipinski definition) is 2. The molecule has 0 fully saturated rings. The average molecular weight is 250 g/mol. The molecule has 0 radical (unpaired) electrons. The Morgan fingerprint density at radius 1 is 1.60 bits per heavy atom. The molecule has 0 aliphatic carbocycles. The van der Waals surface area contributed by atoms with Crippen LogP contribution in [-0.2, 0) is 11.2 Å². The van der Waals surface area contributed by atoms with Gasteiger partial charge in [-0.05, 0) is 24.6 Å². The lowest BCUT2D eigenvalue weighted by molar-refractivity contribution is -0.142. The Hall–Kier alpha value is -0.770. The van der Waals surface area contributed by atoms with Crippen LogP contribution in [0.1, 0.15) is 12.5 Å². The van der Waals surface area contributed by atoms with Crippen molar-refractivity contribution in [1.29, 1.82) is 0 Å². The van der Waals surface area contributed by atoms with Gasteiger partial charge in [0.05, 0.1) is 0 Å². The molecule has 0 aliphatic rings. The molecule has 0 aliphatic heterocycles. The van der Waals surface area contributed by atoms with E-state index in [1.165, 1.54) is 6.92 Å². The predicted octanol–water partition coefficient (Wildman–Crippen LogP) is 2.11. The van der Waals surface area contributed by atoms with Gasteiger partial charge in [-0.25, -0.2) is 0 Å². The zero-order valence-corrected chi connectivity index (χ0v) is 9.81. The topological polar surface area (TPSA) is 63.3 Å². The normalized spacial score (nSPS) is 13.8. The highest BCUT2D eigenvalue weighted by Gasteiger charge is 2.27. The highest BCUT2D eigenvalue weighted by Crippen LogP contribution is 2.15. The van der Waals surface area contributed by atoms with Crippen molar-refractivity contribution in [2.45, 2.75) is 18.9 Å². The molecule has 15 heavy (non-hydrogen) atoms. The number of hydrogen-bond acceptors (Lipinski definition) is 2. The number of carbonyl (C=O) groups is 1. The Morgan fingerprint density at radius 2 is 2.20 bits per heavy atom. The maximum absolute atomic E-state index is 10.8. The van der Waals surface area contributed by atoms with Gasteiger partial charge < -0.3 is 10.8 Å². The van der Waals surface area contributed by atoms with Crippen molar-refractivity contribution >= 4 is 30.0 Å². The van der Waals surface area contributed by atoms with Crippen LogP contribution < -0.4 is 5.73 Å². The van der Waals surface area contributed by atoms with Gasteiger partial charge in [0, 0.05) is 11.4 Å². The molecule has 84 valence electrons. The van der Waals surface area contributed by atoms with E-state index in [4.69, 9.17) is 22.4 Å². The monoisotopic (exact) mass is 249 g/mol. The third kappa shape index (κ3) is 4.08. The molecule has 0 saturated heterocycles. The molecule has 1 rings (SSSR count). The largest absolute Gasteiger partial charge is 0.480 e. The van der Waals surface area contributed by atoms with Crippen molar-refractivity contribution in [3.05, 3.63) is 34.9 Å². The molecule has 3 nitrogen and oxygen atoms in total. The van der Waals surface area contributed by atoms with Gasteiger partial charge in [-0.1, -0.05) is 23.7 Å². The molecule has 0 spiro atoms. The lowest BCUT2D eigenvalue weighted by atomic mass is 9.94. The second-order valence-electron chi connectivity index (χ2n) is 3.53. The van der Waals surface area contributed by atoms with Crippen LogP contribution in [0, 0.1) is 0 Å². The molecule has 1 aromatic rings. The Balaban J connectivity index is 0.00000196. The van der Waals surface area contributed by atoms with Crippen molar-refractivity contribution in [3.63, 3.8) is 0 Å². The molecule has 3 N–H and O–H groups in total. The zero-order chi connectivity index (χ0) is 10.8. The Labute approximate surface area is 99.6 Å². The highest BCUT2D eigenvalue weighted by molar-refractivity contribution is 6.30. The van der Waals surface area contributed by atoms with Gasteiger partial charge in [0.25, 0.3) is 0 Å². The summed E-state index contributed by atoms with van der Waals surface area (Å²) >= 11 is 5.77. The van der Waals surface area contributed by atoms with E-state index in [9.17, 15) is 4.79 Å². The Morgan fingerprint density at radius 3 is 2.67 bits per heavy atom. The van der Waals surface area contributed by atoms with E-state index >= 15 is 0 Å². The van der Waals surface area contributed by atoms with Crippen LogP contribution >= 0.6 is 24.0 Å². The fraction of sp³-hybridized carbons (Fsp3) is 0.300. The van der Waals surface area contributed by atoms with Crippen molar-refractivity contribution in [1.82, 2.24) is 0 Å². The summed E-state index contributed by atoms with van der Waals surface area (Å²) < 4.78 is 0. The first-order valence-electron chi connectivity index (χ1n) is 4.18. The van der Waals surface area contributed by atoms with Crippen LogP contribution in [0.2, 0.25) is 5.02 Å². The van der Waals surface area contributed by atoms with E-state index in [2.05, 4.69) is 0 Å². The summed E-state index contributed by atoms with van der Waals surface area (Å²) in [5.74, 6) is -1.02. The van der Waals surface area contributed by atoms with Gasteiger partial charge >= 0.3 is 5.97 Å². The number of carboxylic acids is 1. The first-order chi connectivity index (χ1) is 6.42.